The van der Waals surface area contributed by atoms with Gasteiger partial charge in [0.25, 0.3) is 0 Å². The fourth-order valence-electron chi connectivity index (χ4n) is 1.99. The van der Waals surface area contributed by atoms with Crippen molar-refractivity contribution in [1.82, 2.24) is 5.48 Å². The van der Waals surface area contributed by atoms with E-state index in [-0.39, 0.29) is 0 Å². The molecule has 2 aromatic rings. The lowest BCUT2D eigenvalue weighted by atomic mass is 10.1. The minimum atomic E-state index is 0.476. The monoisotopic (exact) mass is 299 g/mol. The summed E-state index contributed by atoms with van der Waals surface area (Å²) in [6, 6.07) is 18.0. The van der Waals surface area contributed by atoms with E-state index in [4.69, 9.17) is 14.3 Å². The van der Waals surface area contributed by atoms with Crippen LogP contribution in [0.2, 0.25) is 0 Å². The third-order valence-electron chi connectivity index (χ3n) is 3.08. The molecule has 0 saturated carbocycles. The van der Waals surface area contributed by atoms with Crippen LogP contribution in [0.1, 0.15) is 16.7 Å². The van der Waals surface area contributed by atoms with Crippen molar-refractivity contribution in [2.45, 2.75) is 13.2 Å². The molecular formula is C18H21NO3. The SMILES string of the molecule is COC=C(NOCc1ccccc1)c1ccc(COC)cc1. The van der Waals surface area contributed by atoms with Crippen LogP contribution in [-0.4, -0.2) is 14.2 Å². The summed E-state index contributed by atoms with van der Waals surface area (Å²) in [7, 11) is 3.29. The number of hydrogen-bond acceptors (Lipinski definition) is 4. The van der Waals surface area contributed by atoms with E-state index in [9.17, 15) is 0 Å². The van der Waals surface area contributed by atoms with Crippen molar-refractivity contribution >= 4 is 5.70 Å². The van der Waals surface area contributed by atoms with Gasteiger partial charge in [0.2, 0.25) is 0 Å². The molecule has 0 aliphatic heterocycles. The predicted molar refractivity (Wildman–Crippen MR) is 86.5 cm³/mol. The maximum Gasteiger partial charge on any atom is 0.108 e. The summed E-state index contributed by atoms with van der Waals surface area (Å²) < 4.78 is 10.2. The number of hydroxylamine groups is 1. The second kappa shape index (κ2) is 8.87. The van der Waals surface area contributed by atoms with Crippen molar-refractivity contribution in [3.8, 4) is 0 Å². The van der Waals surface area contributed by atoms with Crippen molar-refractivity contribution in [1.29, 1.82) is 0 Å². The second-order valence-corrected chi connectivity index (χ2v) is 4.77. The van der Waals surface area contributed by atoms with Crippen LogP contribution >= 0.6 is 0 Å². The van der Waals surface area contributed by atoms with Gasteiger partial charge >= 0.3 is 0 Å². The minimum Gasteiger partial charge on any atom is -0.502 e. The van der Waals surface area contributed by atoms with Gasteiger partial charge in [-0.15, -0.1) is 0 Å². The van der Waals surface area contributed by atoms with Gasteiger partial charge in [-0.2, -0.15) is 0 Å². The Morgan fingerprint density at radius 2 is 1.59 bits per heavy atom. The largest absolute Gasteiger partial charge is 0.502 e. The molecule has 0 fully saturated rings. The average molecular weight is 299 g/mol. The molecule has 0 atom stereocenters. The van der Waals surface area contributed by atoms with Crippen LogP contribution in [0.15, 0.2) is 60.9 Å². The van der Waals surface area contributed by atoms with E-state index in [0.29, 0.717) is 13.2 Å². The molecule has 0 aromatic heterocycles. The Balaban J connectivity index is 1.96. The highest BCUT2D eigenvalue weighted by Gasteiger charge is 2.03. The minimum absolute atomic E-state index is 0.476. The van der Waals surface area contributed by atoms with Crippen molar-refractivity contribution in [2.75, 3.05) is 14.2 Å². The average Bonchev–Trinajstić information content (AvgIpc) is 2.56. The van der Waals surface area contributed by atoms with Crippen molar-refractivity contribution in [3.63, 3.8) is 0 Å². The normalized spacial score (nSPS) is 11.3. The first-order chi connectivity index (χ1) is 10.8. The number of hydrogen-bond donors (Lipinski definition) is 1. The molecule has 4 heteroatoms. The fourth-order valence-corrected chi connectivity index (χ4v) is 1.99. The van der Waals surface area contributed by atoms with E-state index < -0.39 is 0 Å². The molecule has 0 saturated heterocycles. The van der Waals surface area contributed by atoms with Gasteiger partial charge in [-0.1, -0.05) is 54.6 Å². The molecule has 1 N–H and O–H groups in total. The maximum absolute atomic E-state index is 5.54. The quantitative estimate of drug-likeness (QED) is 0.598. The van der Waals surface area contributed by atoms with Crippen LogP contribution in [0.25, 0.3) is 5.70 Å². The van der Waals surface area contributed by atoms with E-state index >= 15 is 0 Å². The number of methoxy groups -OCH3 is 2. The Kier molecular flexibility index (Phi) is 6.48. The lowest BCUT2D eigenvalue weighted by Gasteiger charge is -2.12. The Hall–Kier alpha value is -2.30. The maximum atomic E-state index is 5.54. The van der Waals surface area contributed by atoms with Crippen LogP contribution in [-0.2, 0) is 27.5 Å². The molecule has 2 aromatic carbocycles. The molecule has 0 amide bonds. The van der Waals surface area contributed by atoms with Crippen LogP contribution in [0, 0.1) is 0 Å². The van der Waals surface area contributed by atoms with Crippen molar-refractivity contribution in [3.05, 3.63) is 77.5 Å². The molecule has 0 unspecified atom stereocenters. The molecular weight excluding hydrogens is 278 g/mol. The first-order valence-corrected chi connectivity index (χ1v) is 7.06. The summed E-state index contributed by atoms with van der Waals surface area (Å²) >= 11 is 0. The van der Waals surface area contributed by atoms with E-state index in [1.54, 1.807) is 20.5 Å². The van der Waals surface area contributed by atoms with Crippen molar-refractivity contribution in [2.24, 2.45) is 0 Å². The van der Waals surface area contributed by atoms with Gasteiger partial charge < -0.3 is 9.47 Å². The number of nitrogens with one attached hydrogen (secondary N) is 1. The van der Waals surface area contributed by atoms with Gasteiger partial charge in [-0.25, -0.2) is 0 Å². The highest BCUT2D eigenvalue weighted by Crippen LogP contribution is 2.14. The fraction of sp³-hybridized carbons (Fsp3) is 0.222. The molecule has 0 aliphatic carbocycles. The lowest BCUT2D eigenvalue weighted by Crippen LogP contribution is -2.13. The third kappa shape index (κ3) is 4.91. The zero-order valence-electron chi connectivity index (χ0n) is 12.9. The number of benzene rings is 2. The molecule has 22 heavy (non-hydrogen) atoms. The standard InChI is InChI=1S/C18H21NO3/c1-20-12-16-8-10-17(11-9-16)18(14-21-2)19-22-13-15-6-4-3-5-7-15/h3-11,14,19H,12-13H2,1-2H3. The Labute approximate surface area is 131 Å². The van der Waals surface area contributed by atoms with Crippen LogP contribution in [0.5, 0.6) is 0 Å². The first kappa shape index (κ1) is 16.1. The number of rotatable bonds is 8. The van der Waals surface area contributed by atoms with Crippen LogP contribution in [0.3, 0.4) is 0 Å². The second-order valence-electron chi connectivity index (χ2n) is 4.77. The summed E-state index contributed by atoms with van der Waals surface area (Å²) in [4.78, 5) is 5.54. The zero-order valence-corrected chi connectivity index (χ0v) is 12.9. The van der Waals surface area contributed by atoms with Crippen molar-refractivity contribution < 1.29 is 14.3 Å². The topological polar surface area (TPSA) is 39.7 Å². The molecule has 0 radical (unpaired) electrons. The first-order valence-electron chi connectivity index (χ1n) is 7.06. The smallest absolute Gasteiger partial charge is 0.108 e. The summed E-state index contributed by atoms with van der Waals surface area (Å²) in [5, 5.41) is 0. The van der Waals surface area contributed by atoms with Crippen LogP contribution in [0.4, 0.5) is 0 Å². The van der Waals surface area contributed by atoms with Gasteiger partial charge in [0.15, 0.2) is 0 Å². The van der Waals surface area contributed by atoms with E-state index in [1.807, 2.05) is 54.6 Å². The molecule has 0 aliphatic rings. The summed E-state index contributed by atoms with van der Waals surface area (Å²) in [6.07, 6.45) is 1.62. The predicted octanol–water partition coefficient (Wildman–Crippen LogP) is 3.50. The highest BCUT2D eigenvalue weighted by atomic mass is 16.6. The summed E-state index contributed by atoms with van der Waals surface area (Å²) in [5.74, 6) is 0. The molecule has 0 bridgehead atoms. The molecule has 2 rings (SSSR count). The molecule has 4 nitrogen and oxygen atoms in total. The Morgan fingerprint density at radius 3 is 2.23 bits per heavy atom. The van der Waals surface area contributed by atoms with Gasteiger partial charge in [0.05, 0.1) is 20.3 Å². The highest BCUT2D eigenvalue weighted by molar-refractivity contribution is 5.62. The molecule has 0 heterocycles. The van der Waals surface area contributed by atoms with E-state index in [0.717, 1.165) is 22.4 Å². The molecule has 116 valence electrons. The third-order valence-corrected chi connectivity index (χ3v) is 3.08. The zero-order chi connectivity index (χ0) is 15.6. The Bertz CT molecular complexity index is 579. The van der Waals surface area contributed by atoms with Gasteiger partial charge in [0, 0.05) is 12.7 Å². The summed E-state index contributed by atoms with van der Waals surface area (Å²) in [5.41, 5.74) is 6.91. The summed E-state index contributed by atoms with van der Waals surface area (Å²) in [6.45, 7) is 1.07. The Morgan fingerprint density at radius 1 is 0.909 bits per heavy atom. The van der Waals surface area contributed by atoms with Gasteiger partial charge in [0.1, 0.15) is 12.0 Å². The van der Waals surface area contributed by atoms with Crippen LogP contribution < -0.4 is 5.48 Å². The van der Waals surface area contributed by atoms with E-state index in [1.165, 1.54) is 0 Å². The molecule has 0 spiro atoms. The van der Waals surface area contributed by atoms with Gasteiger partial charge in [-0.05, 0) is 11.1 Å². The van der Waals surface area contributed by atoms with E-state index in [2.05, 4.69) is 5.48 Å². The number of ether oxygens (including phenoxy) is 2. The van der Waals surface area contributed by atoms with Gasteiger partial charge in [-0.3, -0.25) is 10.3 Å². The lowest BCUT2D eigenvalue weighted by molar-refractivity contribution is 0.0632.